The zero-order chi connectivity index (χ0) is 25.0. The maximum Gasteiger partial charge on any atom is 0.294 e. The number of aromatic hydroxyl groups is 1. The number of halogens is 1. The van der Waals surface area contributed by atoms with Crippen LogP contribution in [0.3, 0.4) is 0 Å². The Bertz CT molecular complexity index is 1490. The first-order chi connectivity index (χ1) is 16.7. The number of carbonyl (C=O) groups is 2. The molecule has 0 atom stereocenters. The molecule has 1 heterocycles. The highest BCUT2D eigenvalue weighted by Gasteiger charge is 2.21. The van der Waals surface area contributed by atoms with Crippen LogP contribution in [0.15, 0.2) is 90.0 Å². The van der Waals surface area contributed by atoms with Gasteiger partial charge in [0.25, 0.3) is 21.8 Å². The van der Waals surface area contributed by atoms with Gasteiger partial charge in [-0.3, -0.25) is 25.2 Å². The van der Waals surface area contributed by atoms with Gasteiger partial charge in [-0.05, 0) is 48.5 Å². The van der Waals surface area contributed by atoms with E-state index in [9.17, 15) is 27.5 Å². The van der Waals surface area contributed by atoms with Crippen LogP contribution in [0.5, 0.6) is 5.75 Å². The van der Waals surface area contributed by atoms with Crippen molar-refractivity contribution in [2.45, 2.75) is 4.90 Å². The van der Waals surface area contributed by atoms with Crippen LogP contribution >= 0.6 is 0 Å². The summed E-state index contributed by atoms with van der Waals surface area (Å²) in [5.74, 6) is -2.74. The molecule has 4 N–H and O–H groups in total. The van der Waals surface area contributed by atoms with Gasteiger partial charge in [-0.25, -0.2) is 17.5 Å². The van der Waals surface area contributed by atoms with E-state index in [1.807, 2.05) is 0 Å². The summed E-state index contributed by atoms with van der Waals surface area (Å²) in [5.41, 5.74) is 4.40. The predicted molar refractivity (Wildman–Crippen MR) is 124 cm³/mol. The van der Waals surface area contributed by atoms with E-state index < -0.39 is 33.4 Å². The van der Waals surface area contributed by atoms with Crippen molar-refractivity contribution in [1.82, 2.24) is 20.6 Å². The number of sulfonamides is 1. The predicted octanol–water partition coefficient (Wildman–Crippen LogP) is 2.59. The molecule has 178 valence electrons. The molecule has 2 amide bonds. The normalized spacial score (nSPS) is 11.0. The Labute approximate surface area is 199 Å². The SMILES string of the molecule is O=C(NNC(=O)c1nn(-c2ccccc2)cc1O)c1ccccc1NS(=O)(=O)c1ccc(F)cc1. The number of anilines is 1. The molecular weight excluding hydrogens is 477 g/mol. The van der Waals surface area contributed by atoms with Gasteiger partial charge >= 0.3 is 0 Å². The van der Waals surface area contributed by atoms with Crippen molar-refractivity contribution in [3.63, 3.8) is 0 Å². The largest absolute Gasteiger partial charge is 0.504 e. The summed E-state index contributed by atoms with van der Waals surface area (Å²) in [6.45, 7) is 0. The van der Waals surface area contributed by atoms with Crippen molar-refractivity contribution in [3.8, 4) is 11.4 Å². The smallest absolute Gasteiger partial charge is 0.294 e. The number of hydrogen-bond acceptors (Lipinski definition) is 6. The van der Waals surface area contributed by atoms with Crippen molar-refractivity contribution in [1.29, 1.82) is 0 Å². The second-order valence-corrected chi connectivity index (χ2v) is 8.84. The molecule has 4 rings (SSSR count). The van der Waals surface area contributed by atoms with Gasteiger partial charge in [0.15, 0.2) is 11.4 Å². The minimum Gasteiger partial charge on any atom is -0.504 e. The summed E-state index contributed by atoms with van der Waals surface area (Å²) in [6, 6.07) is 18.6. The van der Waals surface area contributed by atoms with E-state index in [4.69, 9.17) is 0 Å². The lowest BCUT2D eigenvalue weighted by atomic mass is 10.2. The van der Waals surface area contributed by atoms with Gasteiger partial charge in [-0.1, -0.05) is 30.3 Å². The fourth-order valence-corrected chi connectivity index (χ4v) is 4.15. The van der Waals surface area contributed by atoms with E-state index >= 15 is 0 Å². The van der Waals surface area contributed by atoms with E-state index in [2.05, 4.69) is 20.7 Å². The van der Waals surface area contributed by atoms with Gasteiger partial charge in [0.05, 0.1) is 28.0 Å². The highest BCUT2D eigenvalue weighted by atomic mass is 32.2. The lowest BCUT2D eigenvalue weighted by Crippen LogP contribution is -2.42. The van der Waals surface area contributed by atoms with E-state index in [1.54, 1.807) is 30.3 Å². The number of hydrazine groups is 1. The molecule has 0 unspecified atom stereocenters. The number of nitrogens with one attached hydrogen (secondary N) is 3. The molecule has 0 aliphatic rings. The first-order valence-electron chi connectivity index (χ1n) is 10.1. The van der Waals surface area contributed by atoms with Gasteiger partial charge in [0.2, 0.25) is 0 Å². The van der Waals surface area contributed by atoms with Crippen LogP contribution in [0.25, 0.3) is 5.69 Å². The average molecular weight is 495 g/mol. The Morgan fingerprint density at radius 2 is 1.49 bits per heavy atom. The Morgan fingerprint density at radius 1 is 0.857 bits per heavy atom. The standard InChI is InChI=1S/C23H18FN5O5S/c24-15-10-12-17(13-11-15)35(33,34)28-19-9-5-4-8-18(19)22(31)25-26-23(32)21-20(30)14-29(27-21)16-6-2-1-3-7-16/h1-14,28,30H,(H,25,31)(H,26,32). The average Bonchev–Trinajstić information content (AvgIpc) is 3.25. The van der Waals surface area contributed by atoms with Crippen molar-refractivity contribution in [2.75, 3.05) is 4.72 Å². The summed E-state index contributed by atoms with van der Waals surface area (Å²) < 4.78 is 41.9. The zero-order valence-corrected chi connectivity index (χ0v) is 18.7. The monoisotopic (exact) mass is 495 g/mol. The topological polar surface area (TPSA) is 142 Å². The van der Waals surface area contributed by atoms with E-state index in [0.717, 1.165) is 24.3 Å². The molecule has 0 saturated carbocycles. The Hall–Kier alpha value is -4.71. The second-order valence-electron chi connectivity index (χ2n) is 7.16. The number of carbonyl (C=O) groups excluding carboxylic acids is 2. The molecule has 0 saturated heterocycles. The number of para-hydroxylation sites is 2. The van der Waals surface area contributed by atoms with Gasteiger partial charge in [-0.15, -0.1) is 0 Å². The van der Waals surface area contributed by atoms with Crippen LogP contribution in [-0.2, 0) is 10.0 Å². The third kappa shape index (κ3) is 5.28. The van der Waals surface area contributed by atoms with E-state index in [1.165, 1.54) is 35.1 Å². The minimum absolute atomic E-state index is 0.0697. The molecule has 0 aliphatic heterocycles. The summed E-state index contributed by atoms with van der Waals surface area (Å²) in [6.07, 6.45) is 1.24. The fourth-order valence-electron chi connectivity index (χ4n) is 3.07. The molecule has 3 aromatic carbocycles. The van der Waals surface area contributed by atoms with Gasteiger partial charge in [0.1, 0.15) is 5.82 Å². The third-order valence-corrected chi connectivity index (χ3v) is 6.14. The van der Waals surface area contributed by atoms with E-state index in [-0.39, 0.29) is 21.8 Å². The number of amides is 2. The van der Waals surface area contributed by atoms with E-state index in [0.29, 0.717) is 5.69 Å². The molecule has 10 nitrogen and oxygen atoms in total. The molecule has 1 aromatic heterocycles. The van der Waals surface area contributed by atoms with Gasteiger partial charge in [0, 0.05) is 0 Å². The highest BCUT2D eigenvalue weighted by molar-refractivity contribution is 7.92. The number of benzene rings is 3. The lowest BCUT2D eigenvalue weighted by Gasteiger charge is -2.13. The maximum atomic E-state index is 13.1. The van der Waals surface area contributed by atoms with Gasteiger partial charge in [-0.2, -0.15) is 5.10 Å². The molecular formula is C23H18FN5O5S. The van der Waals surface area contributed by atoms with Crippen LogP contribution in [0.4, 0.5) is 10.1 Å². The Morgan fingerprint density at radius 3 is 2.20 bits per heavy atom. The van der Waals surface area contributed by atoms with Crippen LogP contribution in [-0.4, -0.2) is 35.1 Å². The Balaban J connectivity index is 1.47. The molecule has 35 heavy (non-hydrogen) atoms. The van der Waals surface area contributed by atoms with Crippen LogP contribution in [0, 0.1) is 5.82 Å². The molecule has 0 aliphatic carbocycles. The molecule has 12 heteroatoms. The molecule has 4 aromatic rings. The molecule has 0 bridgehead atoms. The molecule has 0 fully saturated rings. The summed E-state index contributed by atoms with van der Waals surface area (Å²) in [5, 5.41) is 14.1. The van der Waals surface area contributed by atoms with Crippen molar-refractivity contribution >= 4 is 27.5 Å². The van der Waals surface area contributed by atoms with Crippen LogP contribution in [0.1, 0.15) is 20.8 Å². The fraction of sp³-hybridized carbons (Fsp3) is 0. The number of aromatic nitrogens is 2. The minimum atomic E-state index is -4.12. The zero-order valence-electron chi connectivity index (χ0n) is 17.8. The van der Waals surface area contributed by atoms with Crippen LogP contribution < -0.4 is 15.6 Å². The highest BCUT2D eigenvalue weighted by Crippen LogP contribution is 2.21. The van der Waals surface area contributed by atoms with Crippen molar-refractivity contribution in [3.05, 3.63) is 102 Å². The van der Waals surface area contributed by atoms with Gasteiger partial charge < -0.3 is 5.11 Å². The lowest BCUT2D eigenvalue weighted by molar-refractivity contribution is 0.0842. The van der Waals surface area contributed by atoms with Crippen LogP contribution in [0.2, 0.25) is 0 Å². The number of rotatable bonds is 6. The quantitative estimate of drug-likeness (QED) is 0.303. The molecule has 0 spiro atoms. The first kappa shape index (κ1) is 23.4. The summed E-state index contributed by atoms with van der Waals surface area (Å²) in [7, 11) is -4.12. The second kappa shape index (κ2) is 9.65. The summed E-state index contributed by atoms with van der Waals surface area (Å²) >= 11 is 0. The maximum absolute atomic E-state index is 13.1. The number of nitrogens with zero attached hydrogens (tertiary/aromatic N) is 2. The number of hydrogen-bond donors (Lipinski definition) is 4. The third-order valence-electron chi connectivity index (χ3n) is 4.76. The molecule has 0 radical (unpaired) electrons. The Kier molecular flexibility index (Phi) is 6.46. The van der Waals surface area contributed by atoms with Crippen molar-refractivity contribution < 1.29 is 27.5 Å². The summed E-state index contributed by atoms with van der Waals surface area (Å²) in [4.78, 5) is 24.9. The van der Waals surface area contributed by atoms with Crippen molar-refractivity contribution in [2.24, 2.45) is 0 Å². The first-order valence-corrected chi connectivity index (χ1v) is 11.5.